The smallest absolute Gasteiger partial charge is 0.240 e. The molecule has 5 nitrogen and oxygen atoms in total. The molecule has 0 bridgehead atoms. The maximum absolute atomic E-state index is 12.0. The lowest BCUT2D eigenvalue weighted by molar-refractivity contribution is 0.275. The van der Waals surface area contributed by atoms with Crippen molar-refractivity contribution in [2.75, 3.05) is 6.61 Å². The summed E-state index contributed by atoms with van der Waals surface area (Å²) in [5.41, 5.74) is 1.08. The van der Waals surface area contributed by atoms with Crippen molar-refractivity contribution in [3.8, 4) is 6.07 Å². The zero-order chi connectivity index (χ0) is 13.8. The topological polar surface area (TPSA) is 90.2 Å². The number of benzene rings is 1. The molecule has 1 aromatic rings. The van der Waals surface area contributed by atoms with E-state index >= 15 is 0 Å². The molecular formula is C12H16N2O3S. The van der Waals surface area contributed by atoms with Crippen LogP contribution in [0.3, 0.4) is 0 Å². The second-order valence-corrected chi connectivity index (χ2v) is 5.84. The number of aryl methyl sites for hydroxylation is 1. The van der Waals surface area contributed by atoms with Crippen molar-refractivity contribution in [1.82, 2.24) is 4.72 Å². The Morgan fingerprint density at radius 3 is 2.67 bits per heavy atom. The molecule has 1 atom stereocenters. The third-order valence-corrected chi connectivity index (χ3v) is 4.13. The normalized spacial score (nSPS) is 13.0. The van der Waals surface area contributed by atoms with E-state index in [2.05, 4.69) is 4.72 Å². The number of aliphatic hydroxyl groups excluding tert-OH is 1. The maximum atomic E-state index is 12.0. The lowest BCUT2D eigenvalue weighted by Crippen LogP contribution is -2.33. The summed E-state index contributed by atoms with van der Waals surface area (Å²) in [6, 6.07) is 6.00. The van der Waals surface area contributed by atoms with Crippen LogP contribution in [0.4, 0.5) is 0 Å². The SMILES string of the molecule is Cc1cc(S(=O)(=O)NC(C)CCO)ccc1C#N. The minimum absolute atomic E-state index is 0.0733. The van der Waals surface area contributed by atoms with Gasteiger partial charge in [-0.25, -0.2) is 13.1 Å². The fraction of sp³-hybridized carbons (Fsp3) is 0.417. The highest BCUT2D eigenvalue weighted by Crippen LogP contribution is 2.15. The fourth-order valence-corrected chi connectivity index (χ4v) is 2.88. The molecule has 0 saturated carbocycles. The molecule has 0 saturated heterocycles. The number of aliphatic hydroxyl groups is 1. The number of sulfonamides is 1. The molecule has 0 aromatic heterocycles. The molecule has 1 aromatic carbocycles. The van der Waals surface area contributed by atoms with Gasteiger partial charge < -0.3 is 5.11 Å². The first-order chi connectivity index (χ1) is 8.40. The number of rotatable bonds is 5. The molecule has 6 heteroatoms. The van der Waals surface area contributed by atoms with Crippen LogP contribution in [0.1, 0.15) is 24.5 Å². The van der Waals surface area contributed by atoms with E-state index in [1.54, 1.807) is 13.8 Å². The zero-order valence-corrected chi connectivity index (χ0v) is 11.2. The molecule has 0 aliphatic carbocycles. The second kappa shape index (κ2) is 5.96. The Balaban J connectivity index is 2.99. The van der Waals surface area contributed by atoms with Gasteiger partial charge in [-0.2, -0.15) is 5.26 Å². The summed E-state index contributed by atoms with van der Waals surface area (Å²) >= 11 is 0. The molecule has 1 unspecified atom stereocenters. The van der Waals surface area contributed by atoms with Crippen LogP contribution in [0, 0.1) is 18.3 Å². The van der Waals surface area contributed by atoms with Gasteiger partial charge >= 0.3 is 0 Å². The average Bonchev–Trinajstić information content (AvgIpc) is 2.28. The van der Waals surface area contributed by atoms with Crippen LogP contribution in [0.15, 0.2) is 23.1 Å². The lowest BCUT2D eigenvalue weighted by atomic mass is 10.1. The summed E-state index contributed by atoms with van der Waals surface area (Å²) in [5, 5.41) is 17.5. The zero-order valence-electron chi connectivity index (χ0n) is 10.3. The van der Waals surface area contributed by atoms with Gasteiger partial charge in [0.1, 0.15) is 0 Å². The summed E-state index contributed by atoms with van der Waals surface area (Å²) in [6.07, 6.45) is 0.356. The predicted octanol–water partition coefficient (Wildman–Crippen LogP) is 0.916. The molecule has 0 fully saturated rings. The van der Waals surface area contributed by atoms with Crippen molar-refractivity contribution < 1.29 is 13.5 Å². The molecule has 0 aliphatic rings. The molecule has 2 N–H and O–H groups in total. The Bertz CT molecular complexity index is 561. The summed E-state index contributed by atoms with van der Waals surface area (Å²) in [6.45, 7) is 3.30. The van der Waals surface area contributed by atoms with Crippen molar-refractivity contribution in [1.29, 1.82) is 5.26 Å². The van der Waals surface area contributed by atoms with Gasteiger partial charge in [0.2, 0.25) is 10.0 Å². The molecule has 98 valence electrons. The van der Waals surface area contributed by atoms with Crippen LogP contribution < -0.4 is 4.72 Å². The monoisotopic (exact) mass is 268 g/mol. The largest absolute Gasteiger partial charge is 0.396 e. The van der Waals surface area contributed by atoms with Crippen LogP contribution in [-0.2, 0) is 10.0 Å². The Hall–Kier alpha value is -1.42. The van der Waals surface area contributed by atoms with Gasteiger partial charge in [-0.1, -0.05) is 0 Å². The van der Waals surface area contributed by atoms with Crippen LogP contribution in [-0.4, -0.2) is 26.2 Å². The van der Waals surface area contributed by atoms with Gasteiger partial charge in [-0.05, 0) is 44.0 Å². The number of hydrogen-bond donors (Lipinski definition) is 2. The van der Waals surface area contributed by atoms with E-state index < -0.39 is 10.0 Å². The fourth-order valence-electron chi connectivity index (χ4n) is 1.51. The molecule has 0 radical (unpaired) electrons. The molecule has 0 heterocycles. The molecule has 0 amide bonds. The number of nitrogens with one attached hydrogen (secondary N) is 1. The van der Waals surface area contributed by atoms with Crippen molar-refractivity contribution in [2.24, 2.45) is 0 Å². The first kappa shape index (κ1) is 14.6. The Morgan fingerprint density at radius 1 is 1.50 bits per heavy atom. The summed E-state index contributed by atoms with van der Waals surface area (Å²) in [5.74, 6) is 0. The van der Waals surface area contributed by atoms with Crippen molar-refractivity contribution in [3.05, 3.63) is 29.3 Å². The van der Waals surface area contributed by atoms with E-state index in [1.165, 1.54) is 18.2 Å². The van der Waals surface area contributed by atoms with Crippen LogP contribution >= 0.6 is 0 Å². The quantitative estimate of drug-likeness (QED) is 0.830. The van der Waals surface area contributed by atoms with Crippen LogP contribution in [0.5, 0.6) is 0 Å². The lowest BCUT2D eigenvalue weighted by Gasteiger charge is -2.13. The van der Waals surface area contributed by atoms with Crippen molar-refractivity contribution in [2.45, 2.75) is 31.2 Å². The summed E-state index contributed by atoms with van der Waals surface area (Å²) in [7, 11) is -3.60. The third-order valence-electron chi connectivity index (χ3n) is 2.55. The van der Waals surface area contributed by atoms with Crippen LogP contribution in [0.25, 0.3) is 0 Å². The first-order valence-electron chi connectivity index (χ1n) is 5.54. The average molecular weight is 268 g/mol. The van der Waals surface area contributed by atoms with Gasteiger partial charge in [-0.3, -0.25) is 0 Å². The highest BCUT2D eigenvalue weighted by molar-refractivity contribution is 7.89. The number of nitriles is 1. The summed E-state index contributed by atoms with van der Waals surface area (Å²) in [4.78, 5) is 0.129. The van der Waals surface area contributed by atoms with Gasteiger partial charge in [0.15, 0.2) is 0 Å². The second-order valence-electron chi connectivity index (χ2n) is 4.12. The Kier molecular flexibility index (Phi) is 4.84. The van der Waals surface area contributed by atoms with E-state index in [0.29, 0.717) is 17.5 Å². The van der Waals surface area contributed by atoms with Gasteiger partial charge in [0, 0.05) is 12.6 Å². The highest BCUT2D eigenvalue weighted by Gasteiger charge is 2.17. The molecule has 18 heavy (non-hydrogen) atoms. The van der Waals surface area contributed by atoms with E-state index in [1.807, 2.05) is 6.07 Å². The van der Waals surface area contributed by atoms with Crippen LogP contribution in [0.2, 0.25) is 0 Å². The molecule has 1 rings (SSSR count). The molecule has 0 aliphatic heterocycles. The molecule has 0 spiro atoms. The Labute approximate surface area is 107 Å². The van der Waals surface area contributed by atoms with E-state index in [4.69, 9.17) is 10.4 Å². The highest BCUT2D eigenvalue weighted by atomic mass is 32.2. The van der Waals surface area contributed by atoms with Gasteiger partial charge in [0.05, 0.1) is 16.5 Å². The van der Waals surface area contributed by atoms with Gasteiger partial charge in [0.25, 0.3) is 0 Å². The maximum Gasteiger partial charge on any atom is 0.240 e. The Morgan fingerprint density at radius 2 is 2.17 bits per heavy atom. The summed E-state index contributed by atoms with van der Waals surface area (Å²) < 4.78 is 26.5. The minimum atomic E-state index is -3.60. The van der Waals surface area contributed by atoms with Crippen molar-refractivity contribution in [3.63, 3.8) is 0 Å². The van der Waals surface area contributed by atoms with Gasteiger partial charge in [-0.15, -0.1) is 0 Å². The van der Waals surface area contributed by atoms with Crippen molar-refractivity contribution >= 4 is 10.0 Å². The minimum Gasteiger partial charge on any atom is -0.396 e. The predicted molar refractivity (Wildman–Crippen MR) is 67.4 cm³/mol. The standard InChI is InChI=1S/C12H16N2O3S/c1-9-7-12(4-3-11(9)8-13)18(16,17)14-10(2)5-6-15/h3-4,7,10,14-15H,5-6H2,1-2H3. The van der Waals surface area contributed by atoms with E-state index in [-0.39, 0.29) is 17.5 Å². The van der Waals surface area contributed by atoms with E-state index in [0.717, 1.165) is 0 Å². The number of nitrogens with zero attached hydrogens (tertiary/aromatic N) is 1. The molecular weight excluding hydrogens is 252 g/mol. The first-order valence-corrected chi connectivity index (χ1v) is 7.03. The third kappa shape index (κ3) is 3.53. The number of hydrogen-bond acceptors (Lipinski definition) is 4. The van der Waals surface area contributed by atoms with E-state index in [9.17, 15) is 8.42 Å².